The molecule has 1 heteroatoms. The van der Waals surface area contributed by atoms with Crippen LogP contribution in [0.2, 0.25) is 0 Å². The molecule has 0 saturated carbocycles. The zero-order valence-corrected chi connectivity index (χ0v) is 6.21. The summed E-state index contributed by atoms with van der Waals surface area (Å²) in [4.78, 5) is 0. The van der Waals surface area contributed by atoms with E-state index in [1.807, 2.05) is 6.07 Å². The van der Waals surface area contributed by atoms with Crippen molar-refractivity contribution in [2.75, 3.05) is 0 Å². The van der Waals surface area contributed by atoms with Gasteiger partial charge >= 0.3 is 0 Å². The van der Waals surface area contributed by atoms with E-state index in [-0.39, 0.29) is 0 Å². The minimum absolute atomic E-state index is 0.841. The largest absolute Gasteiger partial charge is 0.472 e. The summed E-state index contributed by atoms with van der Waals surface area (Å²) < 4.78 is 5.03. The molecule has 2 aliphatic rings. The Morgan fingerprint density at radius 1 is 1.27 bits per heavy atom. The summed E-state index contributed by atoms with van der Waals surface area (Å²) in [7, 11) is 0. The van der Waals surface area contributed by atoms with Crippen LogP contribution in [0, 0.1) is 6.92 Å². The third-order valence-electron chi connectivity index (χ3n) is 1.90. The van der Waals surface area contributed by atoms with Crippen molar-refractivity contribution in [3.05, 3.63) is 43.2 Å². The third kappa shape index (κ3) is 0.929. The van der Waals surface area contributed by atoms with Crippen molar-refractivity contribution in [3.63, 3.8) is 0 Å². The Labute approximate surface area is 66.0 Å². The summed E-state index contributed by atoms with van der Waals surface area (Å²) in [5.74, 6) is 0. The minimum Gasteiger partial charge on any atom is -0.472 e. The molecule has 55 valence electrons. The lowest BCUT2D eigenvalue weighted by molar-refractivity contribution is 0.552. The van der Waals surface area contributed by atoms with Gasteiger partial charge in [-0.3, -0.25) is 0 Å². The van der Waals surface area contributed by atoms with Crippen LogP contribution in [0.25, 0.3) is 11.1 Å². The van der Waals surface area contributed by atoms with Crippen LogP contribution in [0.4, 0.5) is 0 Å². The number of rotatable bonds is 1. The molecular weight excluding hydrogens is 136 g/mol. The highest BCUT2D eigenvalue weighted by atomic mass is 16.3. The number of fused-ring (bicyclic) bond motifs is 1. The molecule has 0 atom stereocenters. The van der Waals surface area contributed by atoms with Crippen molar-refractivity contribution in [1.82, 2.24) is 0 Å². The molecule has 0 aromatic rings. The number of hydrogen-bond acceptors (Lipinski definition) is 1. The normalized spacial score (nSPS) is 10.6. The zero-order chi connectivity index (χ0) is 7.68. The highest BCUT2D eigenvalue weighted by Gasteiger charge is 2.06. The topological polar surface area (TPSA) is 13.1 Å². The second-order valence-corrected chi connectivity index (χ2v) is 2.53. The van der Waals surface area contributed by atoms with Crippen LogP contribution < -0.4 is 0 Å². The van der Waals surface area contributed by atoms with E-state index in [2.05, 4.69) is 19.1 Å². The maximum absolute atomic E-state index is 5.03. The molecule has 1 radical (unpaired) electrons. The van der Waals surface area contributed by atoms with E-state index >= 15 is 0 Å². The van der Waals surface area contributed by atoms with Crippen LogP contribution in [0.3, 0.4) is 0 Å². The molecule has 0 N–H and O–H groups in total. The molecule has 1 aliphatic heterocycles. The second kappa shape index (κ2) is 2.42. The molecule has 0 aromatic heterocycles. The van der Waals surface area contributed by atoms with E-state index in [9.17, 15) is 0 Å². The lowest BCUT2D eigenvalue weighted by Crippen LogP contribution is -1.78. The first kappa shape index (κ1) is 6.47. The van der Waals surface area contributed by atoms with Crippen molar-refractivity contribution >= 4 is 0 Å². The Bertz CT molecular complexity index is 322. The van der Waals surface area contributed by atoms with E-state index in [4.69, 9.17) is 4.42 Å². The second-order valence-electron chi connectivity index (χ2n) is 2.53. The molecule has 0 fully saturated rings. The fourth-order valence-corrected chi connectivity index (χ4v) is 1.30. The standard InChI is InChI=1S/C10H9O/c1-2-8-3-4-9-7-11-6-5-10(8)9/h3-7H,1-2H2. The summed E-state index contributed by atoms with van der Waals surface area (Å²) in [6.07, 6.45) is 4.30. The molecule has 1 nitrogen and oxygen atoms in total. The van der Waals surface area contributed by atoms with E-state index in [1.54, 1.807) is 12.5 Å². The van der Waals surface area contributed by atoms with Gasteiger partial charge < -0.3 is 4.42 Å². The van der Waals surface area contributed by atoms with Gasteiger partial charge in [0.1, 0.15) is 0 Å². The first-order chi connectivity index (χ1) is 5.42. The van der Waals surface area contributed by atoms with Gasteiger partial charge in [0.15, 0.2) is 0 Å². The summed E-state index contributed by atoms with van der Waals surface area (Å²) in [5, 5.41) is 0. The van der Waals surface area contributed by atoms with E-state index in [1.165, 1.54) is 11.1 Å². The van der Waals surface area contributed by atoms with Crippen molar-refractivity contribution in [3.8, 4) is 11.1 Å². The SMILES string of the molecule is [CH2]Cc1ccc2coccc1-2. The first-order valence-electron chi connectivity index (χ1n) is 3.65. The molecule has 1 heterocycles. The Balaban J connectivity index is 2.64. The van der Waals surface area contributed by atoms with Crippen LogP contribution in [0.1, 0.15) is 5.56 Å². The fourth-order valence-electron chi connectivity index (χ4n) is 1.30. The molecule has 0 bridgehead atoms. The van der Waals surface area contributed by atoms with E-state index < -0.39 is 0 Å². The first-order valence-corrected chi connectivity index (χ1v) is 3.65. The molecule has 0 amide bonds. The zero-order valence-electron chi connectivity index (χ0n) is 6.21. The lowest BCUT2D eigenvalue weighted by atomic mass is 10.1. The Morgan fingerprint density at radius 2 is 2.18 bits per heavy atom. The highest BCUT2D eigenvalue weighted by molar-refractivity contribution is 5.69. The monoisotopic (exact) mass is 145 g/mol. The predicted molar refractivity (Wildman–Crippen MR) is 44.4 cm³/mol. The van der Waals surface area contributed by atoms with Gasteiger partial charge in [0.2, 0.25) is 0 Å². The summed E-state index contributed by atoms with van der Waals surface area (Å²) in [6.45, 7) is 3.85. The predicted octanol–water partition coefficient (Wildman–Crippen LogP) is 2.76. The maximum atomic E-state index is 5.03. The summed E-state index contributed by atoms with van der Waals surface area (Å²) >= 11 is 0. The van der Waals surface area contributed by atoms with Gasteiger partial charge in [0.05, 0.1) is 12.5 Å². The van der Waals surface area contributed by atoms with Gasteiger partial charge in [-0.25, -0.2) is 0 Å². The fraction of sp³-hybridized carbons (Fsp3) is 0.100. The molecule has 1 aliphatic carbocycles. The highest BCUT2D eigenvalue weighted by Crippen LogP contribution is 2.27. The van der Waals surface area contributed by atoms with Gasteiger partial charge in [0, 0.05) is 5.56 Å². The third-order valence-corrected chi connectivity index (χ3v) is 1.90. The average molecular weight is 145 g/mol. The van der Waals surface area contributed by atoms with Crippen LogP contribution >= 0.6 is 0 Å². The van der Waals surface area contributed by atoms with Crippen LogP contribution in [-0.2, 0) is 6.42 Å². The summed E-state index contributed by atoms with van der Waals surface area (Å²) in [5.41, 5.74) is 3.70. The lowest BCUT2D eigenvalue weighted by Gasteiger charge is -1.98. The maximum Gasteiger partial charge on any atom is 0.0979 e. The molecule has 0 unspecified atom stereocenters. The minimum atomic E-state index is 0.841. The molecule has 0 aromatic carbocycles. The van der Waals surface area contributed by atoms with Crippen LogP contribution in [0.15, 0.2) is 35.1 Å². The van der Waals surface area contributed by atoms with Gasteiger partial charge in [-0.1, -0.05) is 12.1 Å². The molecule has 0 spiro atoms. The molecule has 11 heavy (non-hydrogen) atoms. The Hall–Kier alpha value is -1.24. The quantitative estimate of drug-likeness (QED) is 0.601. The average Bonchev–Trinajstić information content (AvgIpc) is 2.47. The van der Waals surface area contributed by atoms with Gasteiger partial charge in [0.25, 0.3) is 0 Å². The Kier molecular flexibility index (Phi) is 1.42. The molecule has 0 saturated heterocycles. The van der Waals surface area contributed by atoms with Gasteiger partial charge in [-0.2, -0.15) is 0 Å². The van der Waals surface area contributed by atoms with Gasteiger partial charge in [-0.15, -0.1) is 0 Å². The van der Waals surface area contributed by atoms with Crippen molar-refractivity contribution in [1.29, 1.82) is 0 Å². The van der Waals surface area contributed by atoms with Crippen molar-refractivity contribution in [2.45, 2.75) is 6.42 Å². The smallest absolute Gasteiger partial charge is 0.0979 e. The Morgan fingerprint density at radius 3 is 3.00 bits per heavy atom. The van der Waals surface area contributed by atoms with Crippen LogP contribution in [-0.4, -0.2) is 0 Å². The van der Waals surface area contributed by atoms with E-state index in [0.29, 0.717) is 0 Å². The van der Waals surface area contributed by atoms with Crippen molar-refractivity contribution < 1.29 is 4.42 Å². The van der Waals surface area contributed by atoms with Gasteiger partial charge in [-0.05, 0) is 30.5 Å². The summed E-state index contributed by atoms with van der Waals surface area (Å²) in [6, 6.07) is 6.13. The number of hydrogen-bond donors (Lipinski definition) is 0. The molecule has 2 rings (SSSR count). The van der Waals surface area contributed by atoms with Crippen molar-refractivity contribution in [2.24, 2.45) is 0 Å². The molecular formula is C10H9O. The van der Waals surface area contributed by atoms with E-state index in [0.717, 1.165) is 12.0 Å². The van der Waals surface area contributed by atoms with Crippen LogP contribution in [0.5, 0.6) is 0 Å².